The molecule has 0 unspecified atom stereocenters. The Balaban J connectivity index is 1.31. The summed E-state index contributed by atoms with van der Waals surface area (Å²) in [5.41, 5.74) is 4.99. The summed E-state index contributed by atoms with van der Waals surface area (Å²) in [6.07, 6.45) is 4.19. The van der Waals surface area contributed by atoms with Crippen molar-refractivity contribution in [1.29, 1.82) is 0 Å². The van der Waals surface area contributed by atoms with Crippen LogP contribution in [-0.2, 0) is 36.0 Å². The third kappa shape index (κ3) is 5.49. The molecule has 2 aliphatic rings. The van der Waals surface area contributed by atoms with Crippen molar-refractivity contribution < 1.29 is 14.3 Å². The van der Waals surface area contributed by atoms with Gasteiger partial charge in [-0.1, -0.05) is 12.1 Å². The van der Waals surface area contributed by atoms with E-state index in [9.17, 15) is 9.59 Å². The second kappa shape index (κ2) is 10.2. The molecule has 0 radical (unpaired) electrons. The lowest BCUT2D eigenvalue weighted by Gasteiger charge is -2.34. The molecule has 1 saturated heterocycles. The van der Waals surface area contributed by atoms with Gasteiger partial charge in [0.25, 0.3) is 0 Å². The van der Waals surface area contributed by atoms with Crippen LogP contribution in [0, 0.1) is 0 Å². The zero-order chi connectivity index (χ0) is 26.2. The van der Waals surface area contributed by atoms with Crippen molar-refractivity contribution in [3.8, 4) is 0 Å². The van der Waals surface area contributed by atoms with Gasteiger partial charge in [-0.2, -0.15) is 0 Å². The van der Waals surface area contributed by atoms with E-state index >= 15 is 0 Å². The molecule has 0 atom stereocenters. The first-order valence-electron chi connectivity index (χ1n) is 13.2. The molecular weight excluding hydrogens is 466 g/mol. The fourth-order valence-corrected chi connectivity index (χ4v) is 5.41. The van der Waals surface area contributed by atoms with E-state index in [-0.39, 0.29) is 12.0 Å². The largest absolute Gasteiger partial charge is 0.444 e. The van der Waals surface area contributed by atoms with Gasteiger partial charge < -0.3 is 19.1 Å². The van der Waals surface area contributed by atoms with Crippen LogP contribution < -0.4 is 4.90 Å². The number of benzene rings is 1. The predicted molar refractivity (Wildman–Crippen MR) is 145 cm³/mol. The second-order valence-corrected chi connectivity index (χ2v) is 11.1. The number of pyridine rings is 1. The maximum Gasteiger partial charge on any atom is 0.410 e. The lowest BCUT2D eigenvalue weighted by Crippen LogP contribution is -2.50. The number of anilines is 1. The van der Waals surface area contributed by atoms with Crippen molar-refractivity contribution in [3.63, 3.8) is 0 Å². The van der Waals surface area contributed by atoms with Crippen LogP contribution in [0.1, 0.15) is 44.1 Å². The van der Waals surface area contributed by atoms with E-state index in [1.165, 1.54) is 11.3 Å². The van der Waals surface area contributed by atoms with Gasteiger partial charge in [0.15, 0.2) is 0 Å². The zero-order valence-corrected chi connectivity index (χ0v) is 22.4. The second-order valence-electron chi connectivity index (χ2n) is 11.1. The molecule has 3 aromatic rings. The molecule has 2 aromatic heterocycles. The summed E-state index contributed by atoms with van der Waals surface area (Å²) >= 11 is 0. The summed E-state index contributed by atoms with van der Waals surface area (Å²) in [6, 6.07) is 12.2. The number of amides is 2. The lowest BCUT2D eigenvalue weighted by atomic mass is 10.1. The normalized spacial score (nSPS) is 17.1. The molecule has 196 valence electrons. The van der Waals surface area contributed by atoms with Crippen LogP contribution in [0.5, 0.6) is 0 Å². The minimum Gasteiger partial charge on any atom is -0.444 e. The lowest BCUT2D eigenvalue weighted by molar-refractivity contribution is -0.121. The molecular formula is C29H37N5O3. The maximum absolute atomic E-state index is 13.1. The van der Waals surface area contributed by atoms with Gasteiger partial charge in [-0.05, 0) is 57.9 Å². The Kier molecular flexibility index (Phi) is 6.94. The van der Waals surface area contributed by atoms with E-state index in [0.29, 0.717) is 26.2 Å². The number of carbonyl (C=O) groups is 2. The highest BCUT2D eigenvalue weighted by atomic mass is 16.6. The van der Waals surface area contributed by atoms with Crippen LogP contribution >= 0.6 is 0 Å². The van der Waals surface area contributed by atoms with Gasteiger partial charge in [0, 0.05) is 73.9 Å². The highest BCUT2D eigenvalue weighted by Crippen LogP contribution is 2.33. The topological polar surface area (TPSA) is 70.9 Å². The Labute approximate surface area is 218 Å². The van der Waals surface area contributed by atoms with Crippen LogP contribution in [0.3, 0.4) is 0 Å². The quantitative estimate of drug-likeness (QED) is 0.535. The molecule has 0 saturated carbocycles. The smallest absolute Gasteiger partial charge is 0.410 e. The van der Waals surface area contributed by atoms with E-state index in [0.717, 1.165) is 54.6 Å². The Morgan fingerprint density at radius 2 is 1.92 bits per heavy atom. The summed E-state index contributed by atoms with van der Waals surface area (Å²) in [4.78, 5) is 36.3. The van der Waals surface area contributed by atoms with Crippen LogP contribution in [0.25, 0.3) is 10.9 Å². The highest BCUT2D eigenvalue weighted by molar-refractivity contribution is 5.98. The number of hydrogen-bond donors (Lipinski definition) is 0. The van der Waals surface area contributed by atoms with Gasteiger partial charge in [-0.3, -0.25) is 14.7 Å². The molecule has 4 heterocycles. The first kappa shape index (κ1) is 25.3. The van der Waals surface area contributed by atoms with Gasteiger partial charge >= 0.3 is 6.09 Å². The van der Waals surface area contributed by atoms with Gasteiger partial charge in [-0.25, -0.2) is 4.79 Å². The van der Waals surface area contributed by atoms with Crippen LogP contribution in [0.15, 0.2) is 42.6 Å². The molecule has 0 bridgehead atoms. The first-order chi connectivity index (χ1) is 17.7. The predicted octanol–water partition coefficient (Wildman–Crippen LogP) is 4.15. The van der Waals surface area contributed by atoms with Crippen molar-refractivity contribution in [2.45, 2.75) is 52.2 Å². The summed E-state index contributed by atoms with van der Waals surface area (Å²) in [5, 5.41) is 1.14. The molecule has 1 aromatic carbocycles. The summed E-state index contributed by atoms with van der Waals surface area (Å²) in [7, 11) is 2.09. The van der Waals surface area contributed by atoms with Gasteiger partial charge in [0.2, 0.25) is 5.91 Å². The number of nitrogens with zero attached hydrogens (tertiary/aromatic N) is 5. The van der Waals surface area contributed by atoms with Gasteiger partial charge in [0.1, 0.15) is 5.60 Å². The Bertz CT molecular complexity index is 1290. The standard InChI is InChI=1S/C29H37N5O3/c1-29(2,3)37-28(36)33-14-7-9-25-24(19-33)23-11-10-22(18-26(23)31(25)4)34-17-16-32(20-27(34)35)15-12-21-8-5-6-13-30-21/h5-6,8,10-11,13,18H,7,9,12,14-17,19-20H2,1-4H3. The van der Waals surface area contributed by atoms with Crippen molar-refractivity contribution >= 4 is 28.6 Å². The minimum atomic E-state index is -0.519. The molecule has 2 aliphatic heterocycles. The minimum absolute atomic E-state index is 0.124. The fraction of sp³-hybridized carbons (Fsp3) is 0.483. The van der Waals surface area contributed by atoms with Crippen LogP contribution in [0.4, 0.5) is 10.5 Å². The molecule has 5 rings (SSSR count). The highest BCUT2D eigenvalue weighted by Gasteiger charge is 2.29. The SMILES string of the molecule is Cn1c2c(c3ccc(N4CCN(CCc5ccccn5)CC4=O)cc31)CN(C(=O)OC(C)(C)C)CCC2. The van der Waals surface area contributed by atoms with E-state index in [4.69, 9.17) is 4.74 Å². The fourth-order valence-electron chi connectivity index (χ4n) is 5.41. The Morgan fingerprint density at radius 3 is 2.65 bits per heavy atom. The van der Waals surface area contributed by atoms with Gasteiger partial charge in [0.05, 0.1) is 18.6 Å². The molecule has 2 amide bonds. The molecule has 0 N–H and O–H groups in total. The number of hydrogen-bond acceptors (Lipinski definition) is 5. The van der Waals surface area contributed by atoms with Crippen molar-refractivity contribution in [1.82, 2.24) is 19.4 Å². The van der Waals surface area contributed by atoms with Crippen LogP contribution in [0.2, 0.25) is 0 Å². The van der Waals surface area contributed by atoms with E-state index < -0.39 is 5.60 Å². The van der Waals surface area contributed by atoms with E-state index in [1.54, 1.807) is 0 Å². The molecule has 37 heavy (non-hydrogen) atoms. The van der Waals surface area contributed by atoms with Gasteiger partial charge in [-0.15, -0.1) is 0 Å². The number of aromatic nitrogens is 2. The third-order valence-corrected chi connectivity index (χ3v) is 7.29. The van der Waals surface area contributed by atoms with E-state index in [1.807, 2.05) is 61.0 Å². The number of ether oxygens (including phenoxy) is 1. The zero-order valence-electron chi connectivity index (χ0n) is 22.4. The Hall–Kier alpha value is -3.39. The number of aryl methyl sites for hydroxylation is 1. The summed E-state index contributed by atoms with van der Waals surface area (Å²) < 4.78 is 7.89. The van der Waals surface area contributed by atoms with E-state index in [2.05, 4.69) is 33.6 Å². The molecule has 8 heteroatoms. The summed E-state index contributed by atoms with van der Waals surface area (Å²) in [6.45, 7) is 9.67. The molecule has 0 aliphatic carbocycles. The number of carbonyl (C=O) groups excluding carboxylic acids is 2. The molecule has 8 nitrogen and oxygen atoms in total. The molecule has 0 spiro atoms. The number of fused-ring (bicyclic) bond motifs is 3. The Morgan fingerprint density at radius 1 is 1.08 bits per heavy atom. The average molecular weight is 504 g/mol. The average Bonchev–Trinajstić information content (AvgIpc) is 3.00. The number of piperazine rings is 1. The van der Waals surface area contributed by atoms with Crippen molar-refractivity contribution in [2.24, 2.45) is 7.05 Å². The number of rotatable bonds is 4. The monoisotopic (exact) mass is 503 g/mol. The molecule has 1 fully saturated rings. The maximum atomic E-state index is 13.1. The van der Waals surface area contributed by atoms with Crippen molar-refractivity contribution in [3.05, 3.63) is 59.5 Å². The first-order valence-corrected chi connectivity index (χ1v) is 13.2. The third-order valence-electron chi connectivity index (χ3n) is 7.29. The van der Waals surface area contributed by atoms with Crippen molar-refractivity contribution in [2.75, 3.05) is 37.6 Å². The van der Waals surface area contributed by atoms with Crippen LogP contribution in [-0.4, -0.2) is 69.7 Å². The summed E-state index contributed by atoms with van der Waals surface area (Å²) in [5.74, 6) is 0.124.